The average molecular weight is 656 g/mol. The largest absolute Gasteiger partial charge is 0.493 e. The Balaban J connectivity index is 0.00000118. The molecule has 5 N–H and O–H groups in total. The molecule has 4 aliphatic rings. The van der Waals surface area contributed by atoms with Gasteiger partial charge in [-0.15, -0.1) is 0 Å². The number of methoxy groups -OCH3 is 2. The lowest BCUT2D eigenvalue weighted by molar-refractivity contribution is -0.134. The molecule has 15 nitrogen and oxygen atoms in total. The minimum atomic E-state index is -0.833. The molecule has 4 heterocycles. The van der Waals surface area contributed by atoms with Gasteiger partial charge in [-0.3, -0.25) is 28.9 Å². The molecule has 0 spiro atoms. The van der Waals surface area contributed by atoms with E-state index in [0.717, 1.165) is 12.5 Å². The number of fused-ring (bicyclic) bond motifs is 7. The van der Waals surface area contributed by atoms with Crippen molar-refractivity contribution in [3.8, 4) is 23.0 Å². The molecular formula is C32H41N5O10. The molecule has 2 aromatic carbocycles. The van der Waals surface area contributed by atoms with Crippen molar-refractivity contribution in [3.63, 3.8) is 0 Å². The van der Waals surface area contributed by atoms with E-state index in [2.05, 4.69) is 10.6 Å². The Kier molecular flexibility index (Phi) is 11.8. The zero-order valence-electron chi connectivity index (χ0n) is 26.7. The number of carboxylic acids is 1. The first kappa shape index (κ1) is 34.8. The van der Waals surface area contributed by atoms with E-state index in [9.17, 15) is 19.2 Å². The molecule has 0 saturated carbocycles. The van der Waals surface area contributed by atoms with E-state index in [-0.39, 0.29) is 62.2 Å². The fraction of sp³-hybridized carbons (Fsp3) is 0.469. The topological polar surface area (TPSA) is 199 Å². The van der Waals surface area contributed by atoms with Crippen LogP contribution in [0.4, 0.5) is 0 Å². The molecule has 0 aliphatic carbocycles. The Morgan fingerprint density at radius 3 is 2.36 bits per heavy atom. The zero-order valence-corrected chi connectivity index (χ0v) is 26.7. The number of likely N-dealkylation sites (tertiary alicyclic amines) is 2. The molecule has 0 radical (unpaired) electrons. The second-order valence-electron chi connectivity index (χ2n) is 11.4. The highest BCUT2D eigenvalue weighted by atomic mass is 16.5. The third-order valence-electron chi connectivity index (χ3n) is 8.06. The first-order valence-corrected chi connectivity index (χ1v) is 15.2. The molecular weight excluding hydrogens is 614 g/mol. The molecule has 2 aromatic rings. The van der Waals surface area contributed by atoms with Gasteiger partial charge in [-0.25, -0.2) is 0 Å². The molecule has 4 bridgehead atoms. The number of nitrogens with zero attached hydrogens (tertiary/aromatic N) is 2. The van der Waals surface area contributed by atoms with Crippen molar-refractivity contribution in [2.45, 2.75) is 38.5 Å². The summed E-state index contributed by atoms with van der Waals surface area (Å²) in [5, 5.41) is 13.2. The van der Waals surface area contributed by atoms with E-state index in [1.54, 1.807) is 29.2 Å². The van der Waals surface area contributed by atoms with E-state index < -0.39 is 24.0 Å². The molecule has 4 aliphatic heterocycles. The minimum absolute atomic E-state index is 0.0943. The Hall–Kier alpha value is -5.05. The van der Waals surface area contributed by atoms with Crippen molar-refractivity contribution in [3.05, 3.63) is 47.5 Å². The maximum atomic E-state index is 13.4. The van der Waals surface area contributed by atoms with Crippen LogP contribution in [0.3, 0.4) is 0 Å². The standard InChI is InChI=1S/C30H37N5O8.C2H4O2/c1-40-22-6-4-20-12-25(22)42-17-27(36)32-13-18-3-5-23(24(11-18)41-2)43-26-15-35(14-21(26)33-30(20)39)28(37)16-34-9-7-19(8-10-34)29(31)38;1-2(3)4/h3-6,11-12,19,21,26H,7-10,13-17H2,1-2H3,(H2,31,38)(H,32,36)(H,33,39);1H3,(H,3,4)/t21-,26-;/m0./s1. The van der Waals surface area contributed by atoms with Crippen LogP contribution in [0.15, 0.2) is 36.4 Å². The highest BCUT2D eigenvalue weighted by Crippen LogP contribution is 2.32. The summed E-state index contributed by atoms with van der Waals surface area (Å²) in [5.41, 5.74) is 6.53. The highest BCUT2D eigenvalue weighted by molar-refractivity contribution is 5.95. The predicted octanol–water partition coefficient (Wildman–Crippen LogP) is 0.389. The molecule has 6 rings (SSSR count). The van der Waals surface area contributed by atoms with Crippen LogP contribution in [-0.2, 0) is 25.7 Å². The van der Waals surface area contributed by atoms with E-state index >= 15 is 0 Å². The molecule has 0 unspecified atom stereocenters. The molecule has 2 atom stereocenters. The number of hydrogen-bond donors (Lipinski definition) is 4. The van der Waals surface area contributed by atoms with Crippen molar-refractivity contribution < 1.29 is 48.0 Å². The smallest absolute Gasteiger partial charge is 0.300 e. The van der Waals surface area contributed by atoms with Crippen molar-refractivity contribution in [2.24, 2.45) is 11.7 Å². The second kappa shape index (κ2) is 16.0. The van der Waals surface area contributed by atoms with Crippen molar-refractivity contribution in [1.29, 1.82) is 0 Å². The van der Waals surface area contributed by atoms with Crippen LogP contribution in [0.2, 0.25) is 0 Å². The molecule has 4 amide bonds. The Bertz CT molecular complexity index is 1470. The maximum absolute atomic E-state index is 13.4. The number of nitrogens with two attached hydrogens (primary N) is 1. The predicted molar refractivity (Wildman–Crippen MR) is 167 cm³/mol. The summed E-state index contributed by atoms with van der Waals surface area (Å²) in [6.45, 7) is 2.95. The first-order chi connectivity index (χ1) is 22.5. The van der Waals surface area contributed by atoms with Crippen LogP contribution in [0, 0.1) is 5.92 Å². The van der Waals surface area contributed by atoms with Crippen LogP contribution in [0.25, 0.3) is 0 Å². The minimum Gasteiger partial charge on any atom is -0.493 e. The fourth-order valence-electron chi connectivity index (χ4n) is 5.56. The Labute approximate surface area is 272 Å². The number of carboxylic acid groups (broad SMARTS) is 1. The summed E-state index contributed by atoms with van der Waals surface area (Å²) in [4.78, 5) is 63.5. The van der Waals surface area contributed by atoms with Gasteiger partial charge < -0.3 is 45.3 Å². The molecule has 0 aromatic heterocycles. The number of ether oxygens (including phenoxy) is 4. The summed E-state index contributed by atoms with van der Waals surface area (Å²) in [6.07, 6.45) is 0.678. The molecule has 15 heteroatoms. The zero-order chi connectivity index (χ0) is 34.1. The number of amides is 4. The number of primary amides is 1. The van der Waals surface area contributed by atoms with E-state index in [4.69, 9.17) is 34.6 Å². The number of piperidine rings is 1. The molecule has 47 heavy (non-hydrogen) atoms. The van der Waals surface area contributed by atoms with Gasteiger partial charge in [0.1, 0.15) is 6.10 Å². The number of carbonyl (C=O) groups excluding carboxylic acids is 4. The third-order valence-corrected chi connectivity index (χ3v) is 8.06. The van der Waals surface area contributed by atoms with Gasteiger partial charge >= 0.3 is 0 Å². The van der Waals surface area contributed by atoms with Gasteiger partial charge in [-0.05, 0) is 61.8 Å². The number of hydrogen-bond acceptors (Lipinski definition) is 10. The van der Waals surface area contributed by atoms with Crippen LogP contribution in [0.1, 0.15) is 35.7 Å². The summed E-state index contributed by atoms with van der Waals surface area (Å²) in [6, 6.07) is 9.50. The summed E-state index contributed by atoms with van der Waals surface area (Å²) in [7, 11) is 2.99. The van der Waals surface area contributed by atoms with Gasteiger partial charge in [0.25, 0.3) is 17.8 Å². The van der Waals surface area contributed by atoms with Crippen molar-refractivity contribution in [2.75, 3.05) is 53.6 Å². The summed E-state index contributed by atoms with van der Waals surface area (Å²) >= 11 is 0. The highest BCUT2D eigenvalue weighted by Gasteiger charge is 2.39. The fourth-order valence-corrected chi connectivity index (χ4v) is 5.56. The van der Waals surface area contributed by atoms with Gasteiger partial charge in [-0.1, -0.05) is 6.07 Å². The lowest BCUT2D eigenvalue weighted by Crippen LogP contribution is -2.46. The number of rotatable bonds is 5. The summed E-state index contributed by atoms with van der Waals surface area (Å²) in [5.74, 6) is -0.612. The van der Waals surface area contributed by atoms with E-state index in [0.29, 0.717) is 48.7 Å². The van der Waals surface area contributed by atoms with Crippen LogP contribution in [-0.4, -0.2) is 110 Å². The quantitative estimate of drug-likeness (QED) is 0.348. The molecule has 2 fully saturated rings. The number of aliphatic carboxylic acids is 1. The molecule has 2 saturated heterocycles. The van der Waals surface area contributed by atoms with Gasteiger partial charge in [0.2, 0.25) is 11.8 Å². The van der Waals surface area contributed by atoms with E-state index in [1.165, 1.54) is 20.3 Å². The summed E-state index contributed by atoms with van der Waals surface area (Å²) < 4.78 is 23.0. The van der Waals surface area contributed by atoms with Gasteiger partial charge in [0, 0.05) is 31.5 Å². The number of benzene rings is 2. The van der Waals surface area contributed by atoms with E-state index in [1.807, 2.05) is 11.0 Å². The monoisotopic (exact) mass is 655 g/mol. The van der Waals surface area contributed by atoms with Gasteiger partial charge in [0.05, 0.1) is 33.4 Å². The average Bonchev–Trinajstić information content (AvgIpc) is 3.44. The Morgan fingerprint density at radius 1 is 1.00 bits per heavy atom. The van der Waals surface area contributed by atoms with Crippen LogP contribution < -0.4 is 35.3 Å². The number of carbonyl (C=O) groups is 5. The first-order valence-electron chi connectivity index (χ1n) is 15.2. The SMILES string of the molecule is CC(=O)O.COc1ccc2cc1OCC(=O)NCc1ccc(c(OC)c1)O[C@H]1CN(C(=O)CN3CCC(C(N)=O)CC3)C[C@@H]1NC2=O. The third kappa shape index (κ3) is 9.48. The van der Waals surface area contributed by atoms with Crippen molar-refractivity contribution >= 4 is 29.6 Å². The van der Waals surface area contributed by atoms with Gasteiger partial charge in [0.15, 0.2) is 29.6 Å². The van der Waals surface area contributed by atoms with Crippen LogP contribution in [0.5, 0.6) is 23.0 Å². The second-order valence-corrected chi connectivity index (χ2v) is 11.4. The van der Waals surface area contributed by atoms with Gasteiger partial charge in [-0.2, -0.15) is 0 Å². The van der Waals surface area contributed by atoms with Crippen molar-refractivity contribution in [1.82, 2.24) is 20.4 Å². The Morgan fingerprint density at radius 2 is 1.70 bits per heavy atom. The maximum Gasteiger partial charge on any atom is 0.300 e. The lowest BCUT2D eigenvalue weighted by Gasteiger charge is -2.31. The van der Waals surface area contributed by atoms with Crippen LogP contribution >= 0.6 is 0 Å². The lowest BCUT2D eigenvalue weighted by atomic mass is 9.96. The number of nitrogens with one attached hydrogen (secondary N) is 2. The molecule has 254 valence electrons. The normalized spacial score (nSPS) is 20.2.